The van der Waals surface area contributed by atoms with E-state index in [9.17, 15) is 4.79 Å². The van der Waals surface area contributed by atoms with Crippen molar-refractivity contribution in [3.63, 3.8) is 0 Å². The van der Waals surface area contributed by atoms with Crippen molar-refractivity contribution in [1.29, 1.82) is 0 Å². The molecule has 1 rings (SSSR count). The lowest BCUT2D eigenvalue weighted by atomic mass is 9.83. The molecule has 0 bridgehead atoms. The number of hydrogen-bond acceptors (Lipinski definition) is 1. The molecular formula is C10H14O. The highest BCUT2D eigenvalue weighted by molar-refractivity contribution is 5.59. The first-order chi connectivity index (χ1) is 5.33. The summed E-state index contributed by atoms with van der Waals surface area (Å²) in [6, 6.07) is 0. The predicted octanol–water partition coefficient (Wildman–Crippen LogP) is 2.16. The lowest BCUT2D eigenvalue weighted by Crippen LogP contribution is -2.17. The average molecular weight is 150 g/mol. The van der Waals surface area contributed by atoms with Crippen molar-refractivity contribution in [2.24, 2.45) is 5.41 Å². The SMILES string of the molecule is C#CCCC1(C=O)CCCC1. The number of rotatable bonds is 3. The zero-order valence-electron chi connectivity index (χ0n) is 6.81. The van der Waals surface area contributed by atoms with Crippen LogP contribution in [0.2, 0.25) is 0 Å². The van der Waals surface area contributed by atoms with Crippen LogP contribution >= 0.6 is 0 Å². The third-order valence-electron chi connectivity index (χ3n) is 2.62. The standard InChI is InChI=1S/C10H14O/c1-2-3-6-10(9-11)7-4-5-8-10/h1,9H,3-8H2. The van der Waals surface area contributed by atoms with Gasteiger partial charge in [0, 0.05) is 11.8 Å². The number of carbonyl (C=O) groups excluding carboxylic acids is 1. The summed E-state index contributed by atoms with van der Waals surface area (Å²) in [5.41, 5.74) is -0.0353. The predicted molar refractivity (Wildman–Crippen MR) is 45.0 cm³/mol. The van der Waals surface area contributed by atoms with E-state index in [1.807, 2.05) is 0 Å². The summed E-state index contributed by atoms with van der Waals surface area (Å²) < 4.78 is 0. The van der Waals surface area contributed by atoms with Crippen LogP contribution in [0.4, 0.5) is 0 Å². The Balaban J connectivity index is 2.47. The molecule has 1 nitrogen and oxygen atoms in total. The van der Waals surface area contributed by atoms with Crippen molar-refractivity contribution >= 4 is 6.29 Å². The van der Waals surface area contributed by atoms with Crippen molar-refractivity contribution in [2.75, 3.05) is 0 Å². The van der Waals surface area contributed by atoms with Gasteiger partial charge in [-0.1, -0.05) is 12.8 Å². The van der Waals surface area contributed by atoms with Crippen LogP contribution < -0.4 is 0 Å². The van der Waals surface area contributed by atoms with Crippen molar-refractivity contribution in [3.05, 3.63) is 0 Å². The normalized spacial score (nSPS) is 21.0. The summed E-state index contributed by atoms with van der Waals surface area (Å²) in [5.74, 6) is 2.59. The van der Waals surface area contributed by atoms with Crippen molar-refractivity contribution in [2.45, 2.75) is 38.5 Å². The van der Waals surface area contributed by atoms with Crippen LogP contribution in [0.5, 0.6) is 0 Å². The zero-order chi connectivity index (χ0) is 8.16. The molecule has 0 aromatic carbocycles. The van der Waals surface area contributed by atoms with Gasteiger partial charge in [-0.2, -0.15) is 0 Å². The van der Waals surface area contributed by atoms with Crippen LogP contribution in [-0.4, -0.2) is 6.29 Å². The Kier molecular flexibility index (Phi) is 2.70. The summed E-state index contributed by atoms with van der Waals surface area (Å²) in [6.07, 6.45) is 12.4. The Morgan fingerprint density at radius 3 is 2.55 bits per heavy atom. The third kappa shape index (κ3) is 1.83. The molecule has 0 atom stereocenters. The van der Waals surface area contributed by atoms with Gasteiger partial charge in [-0.15, -0.1) is 12.3 Å². The summed E-state index contributed by atoms with van der Waals surface area (Å²) in [7, 11) is 0. The first-order valence-corrected chi connectivity index (χ1v) is 4.23. The maximum atomic E-state index is 10.8. The van der Waals surface area contributed by atoms with Gasteiger partial charge < -0.3 is 4.79 Å². The first-order valence-electron chi connectivity index (χ1n) is 4.23. The lowest BCUT2D eigenvalue weighted by molar-refractivity contribution is -0.116. The van der Waals surface area contributed by atoms with Crippen molar-refractivity contribution in [1.82, 2.24) is 0 Å². The van der Waals surface area contributed by atoms with Crippen LogP contribution in [0.1, 0.15) is 38.5 Å². The minimum absolute atomic E-state index is 0.0353. The number of aldehydes is 1. The minimum Gasteiger partial charge on any atom is -0.303 e. The number of terminal acetylenes is 1. The van der Waals surface area contributed by atoms with Crippen LogP contribution in [0.3, 0.4) is 0 Å². The van der Waals surface area contributed by atoms with Crippen LogP contribution in [0, 0.1) is 17.8 Å². The Morgan fingerprint density at radius 2 is 2.09 bits per heavy atom. The van der Waals surface area contributed by atoms with E-state index in [-0.39, 0.29) is 5.41 Å². The number of hydrogen-bond donors (Lipinski definition) is 0. The van der Waals surface area contributed by atoms with Crippen LogP contribution in [0.25, 0.3) is 0 Å². The van der Waals surface area contributed by atoms with Crippen LogP contribution in [-0.2, 0) is 4.79 Å². The van der Waals surface area contributed by atoms with E-state index in [0.717, 1.165) is 32.0 Å². The van der Waals surface area contributed by atoms with Gasteiger partial charge in [-0.3, -0.25) is 0 Å². The average Bonchev–Trinajstić information content (AvgIpc) is 2.50. The Hall–Kier alpha value is -0.770. The molecule has 0 spiro atoms. The molecule has 0 N–H and O–H groups in total. The maximum Gasteiger partial charge on any atom is 0.126 e. The van der Waals surface area contributed by atoms with Crippen molar-refractivity contribution < 1.29 is 4.79 Å². The van der Waals surface area contributed by atoms with Gasteiger partial charge >= 0.3 is 0 Å². The molecular weight excluding hydrogens is 136 g/mol. The van der Waals surface area contributed by atoms with E-state index < -0.39 is 0 Å². The smallest absolute Gasteiger partial charge is 0.126 e. The second-order valence-electron chi connectivity index (χ2n) is 3.39. The molecule has 0 unspecified atom stereocenters. The zero-order valence-corrected chi connectivity index (χ0v) is 6.81. The molecule has 1 heteroatoms. The largest absolute Gasteiger partial charge is 0.303 e. The molecule has 0 radical (unpaired) electrons. The Labute approximate surface area is 68.2 Å². The van der Waals surface area contributed by atoms with E-state index in [1.165, 1.54) is 12.8 Å². The van der Waals surface area contributed by atoms with E-state index in [1.54, 1.807) is 0 Å². The molecule has 1 saturated carbocycles. The fraction of sp³-hybridized carbons (Fsp3) is 0.700. The molecule has 1 fully saturated rings. The minimum atomic E-state index is -0.0353. The quantitative estimate of drug-likeness (QED) is 0.445. The maximum absolute atomic E-state index is 10.8. The van der Waals surface area contributed by atoms with E-state index >= 15 is 0 Å². The highest BCUT2D eigenvalue weighted by Crippen LogP contribution is 2.39. The van der Waals surface area contributed by atoms with Gasteiger partial charge in [0.05, 0.1) is 0 Å². The van der Waals surface area contributed by atoms with E-state index in [4.69, 9.17) is 6.42 Å². The highest BCUT2D eigenvalue weighted by atomic mass is 16.1. The van der Waals surface area contributed by atoms with E-state index in [2.05, 4.69) is 5.92 Å². The molecule has 0 aromatic rings. The molecule has 0 aromatic heterocycles. The molecule has 0 amide bonds. The molecule has 0 saturated heterocycles. The molecule has 1 aliphatic carbocycles. The van der Waals surface area contributed by atoms with Gasteiger partial charge in [0.15, 0.2) is 0 Å². The van der Waals surface area contributed by atoms with E-state index in [0.29, 0.717) is 0 Å². The fourth-order valence-electron chi connectivity index (χ4n) is 1.83. The summed E-state index contributed by atoms with van der Waals surface area (Å²) in [5, 5.41) is 0. The first kappa shape index (κ1) is 8.33. The Morgan fingerprint density at radius 1 is 1.45 bits per heavy atom. The topological polar surface area (TPSA) is 17.1 Å². The fourth-order valence-corrected chi connectivity index (χ4v) is 1.83. The highest BCUT2D eigenvalue weighted by Gasteiger charge is 2.32. The molecule has 1 aliphatic rings. The molecule has 60 valence electrons. The molecule has 11 heavy (non-hydrogen) atoms. The summed E-state index contributed by atoms with van der Waals surface area (Å²) in [6.45, 7) is 0. The van der Waals surface area contributed by atoms with Crippen LogP contribution in [0.15, 0.2) is 0 Å². The van der Waals surface area contributed by atoms with Gasteiger partial charge in [0.25, 0.3) is 0 Å². The molecule has 0 heterocycles. The summed E-state index contributed by atoms with van der Waals surface area (Å²) in [4.78, 5) is 10.8. The van der Waals surface area contributed by atoms with Gasteiger partial charge in [-0.05, 0) is 19.3 Å². The van der Waals surface area contributed by atoms with Gasteiger partial charge in [0.1, 0.15) is 6.29 Å². The van der Waals surface area contributed by atoms with Gasteiger partial charge in [-0.25, -0.2) is 0 Å². The van der Waals surface area contributed by atoms with Gasteiger partial charge in [0.2, 0.25) is 0 Å². The second-order valence-corrected chi connectivity index (χ2v) is 3.39. The Bertz CT molecular complexity index is 170. The number of carbonyl (C=O) groups is 1. The summed E-state index contributed by atoms with van der Waals surface area (Å²) >= 11 is 0. The second kappa shape index (κ2) is 3.57. The molecule has 0 aliphatic heterocycles. The third-order valence-corrected chi connectivity index (χ3v) is 2.62. The monoisotopic (exact) mass is 150 g/mol. The van der Waals surface area contributed by atoms with Crippen molar-refractivity contribution in [3.8, 4) is 12.3 Å². The lowest BCUT2D eigenvalue weighted by Gasteiger charge is -2.19.